The zero-order chi connectivity index (χ0) is 14.5. The summed E-state index contributed by atoms with van der Waals surface area (Å²) in [5, 5.41) is 3.04. The van der Waals surface area contributed by atoms with Crippen molar-refractivity contribution >= 4 is 5.97 Å². The highest BCUT2D eigenvalue weighted by atomic mass is 16.5. The van der Waals surface area contributed by atoms with Crippen LogP contribution in [0.1, 0.15) is 25.0 Å². The number of methoxy groups -OCH3 is 1. The number of benzene rings is 1. The maximum atomic E-state index is 11.1. The lowest BCUT2D eigenvalue weighted by molar-refractivity contribution is -0.139. The zero-order valence-corrected chi connectivity index (χ0v) is 12.2. The molecule has 1 aromatic rings. The van der Waals surface area contributed by atoms with Gasteiger partial charge in [0.1, 0.15) is 17.6 Å². The van der Waals surface area contributed by atoms with Gasteiger partial charge >= 0.3 is 5.97 Å². The molecule has 1 aromatic carbocycles. The van der Waals surface area contributed by atoms with Gasteiger partial charge in [0.05, 0.1) is 20.3 Å². The van der Waals surface area contributed by atoms with Crippen molar-refractivity contribution in [1.29, 1.82) is 0 Å². The summed E-state index contributed by atoms with van der Waals surface area (Å²) in [5.74, 6) is 1.48. The Bertz CT molecular complexity index is 487. The van der Waals surface area contributed by atoms with Crippen LogP contribution in [0.3, 0.4) is 0 Å². The molecular weight excluding hydrogens is 258 g/mol. The van der Waals surface area contributed by atoms with Gasteiger partial charge in [0.2, 0.25) is 0 Å². The molecule has 1 N–H and O–H groups in total. The van der Waals surface area contributed by atoms with Gasteiger partial charge in [-0.15, -0.1) is 0 Å². The second-order valence-electron chi connectivity index (χ2n) is 4.81. The van der Waals surface area contributed by atoms with Crippen molar-refractivity contribution in [2.24, 2.45) is 0 Å². The summed E-state index contributed by atoms with van der Waals surface area (Å²) in [4.78, 5) is 11.1. The van der Waals surface area contributed by atoms with Gasteiger partial charge in [-0.2, -0.15) is 0 Å². The van der Waals surface area contributed by atoms with Gasteiger partial charge < -0.3 is 19.5 Å². The van der Waals surface area contributed by atoms with Crippen LogP contribution in [-0.2, 0) is 22.5 Å². The highest BCUT2D eigenvalue weighted by molar-refractivity contribution is 5.71. The maximum absolute atomic E-state index is 11.1. The zero-order valence-electron chi connectivity index (χ0n) is 12.2. The molecule has 0 aliphatic carbocycles. The third kappa shape index (κ3) is 3.42. The Kier molecular flexibility index (Phi) is 4.84. The summed E-state index contributed by atoms with van der Waals surface area (Å²) in [7, 11) is 1.38. The van der Waals surface area contributed by atoms with Gasteiger partial charge in [0, 0.05) is 24.1 Å². The third-order valence-corrected chi connectivity index (χ3v) is 3.19. The summed E-state index contributed by atoms with van der Waals surface area (Å²) in [6.07, 6.45) is 1.11. The molecule has 1 aliphatic heterocycles. The normalized spacial score (nSPS) is 16.4. The van der Waals surface area contributed by atoms with Crippen LogP contribution in [-0.4, -0.2) is 32.3 Å². The molecular formula is C15H21NO4. The van der Waals surface area contributed by atoms with Gasteiger partial charge in [-0.25, -0.2) is 0 Å². The number of carbonyl (C=O) groups is 1. The molecule has 1 heterocycles. The molecule has 1 atom stereocenters. The molecule has 0 aromatic heterocycles. The van der Waals surface area contributed by atoms with E-state index in [1.165, 1.54) is 12.7 Å². The maximum Gasteiger partial charge on any atom is 0.319 e. The first-order chi connectivity index (χ1) is 9.63. The predicted octanol–water partition coefficient (Wildman–Crippen LogP) is 1.67. The van der Waals surface area contributed by atoms with Crippen LogP contribution in [0.4, 0.5) is 0 Å². The average molecular weight is 279 g/mol. The topological polar surface area (TPSA) is 56.8 Å². The number of hydrogen-bond acceptors (Lipinski definition) is 5. The van der Waals surface area contributed by atoms with Crippen molar-refractivity contribution < 1.29 is 19.0 Å². The molecule has 2 rings (SSSR count). The quantitative estimate of drug-likeness (QED) is 0.803. The largest absolute Gasteiger partial charge is 0.494 e. The van der Waals surface area contributed by atoms with E-state index < -0.39 is 0 Å². The summed E-state index contributed by atoms with van der Waals surface area (Å²) < 4.78 is 16.0. The molecule has 0 saturated heterocycles. The van der Waals surface area contributed by atoms with E-state index in [2.05, 4.69) is 17.0 Å². The number of nitrogens with one attached hydrogen (secondary N) is 1. The van der Waals surface area contributed by atoms with E-state index in [1.807, 2.05) is 19.1 Å². The Labute approximate surface area is 119 Å². The summed E-state index contributed by atoms with van der Waals surface area (Å²) in [6, 6.07) is 4.03. The fraction of sp³-hybridized carbons (Fsp3) is 0.533. The van der Waals surface area contributed by atoms with Crippen molar-refractivity contribution in [2.75, 3.05) is 20.3 Å². The summed E-state index contributed by atoms with van der Waals surface area (Å²) in [6.45, 7) is 5.33. The highest BCUT2D eigenvalue weighted by Crippen LogP contribution is 2.35. The minimum absolute atomic E-state index is 0.177. The molecule has 1 unspecified atom stereocenters. The molecule has 0 spiro atoms. The van der Waals surface area contributed by atoms with Crippen LogP contribution >= 0.6 is 0 Å². The standard InChI is InChI=1S/C15H21NO4/c1-4-19-13-6-11-5-10(2)20-14(11)7-12(13)8-16-9-15(17)18-3/h6-7,10,16H,4-5,8-9H2,1-3H3. The fourth-order valence-electron chi connectivity index (χ4n) is 2.28. The lowest BCUT2D eigenvalue weighted by Gasteiger charge is -2.13. The Morgan fingerprint density at radius 2 is 2.30 bits per heavy atom. The summed E-state index contributed by atoms with van der Waals surface area (Å²) >= 11 is 0. The van der Waals surface area contributed by atoms with E-state index in [9.17, 15) is 4.79 Å². The summed E-state index contributed by atoms with van der Waals surface area (Å²) in [5.41, 5.74) is 2.17. The van der Waals surface area contributed by atoms with Gasteiger partial charge in [-0.05, 0) is 26.0 Å². The molecule has 110 valence electrons. The van der Waals surface area contributed by atoms with E-state index in [0.717, 1.165) is 23.5 Å². The molecule has 1 aliphatic rings. The van der Waals surface area contributed by atoms with Crippen molar-refractivity contribution in [2.45, 2.75) is 32.9 Å². The Morgan fingerprint density at radius 3 is 3.00 bits per heavy atom. The van der Waals surface area contributed by atoms with Crippen molar-refractivity contribution in [3.05, 3.63) is 23.3 Å². The first-order valence-electron chi connectivity index (χ1n) is 6.86. The second kappa shape index (κ2) is 6.61. The fourth-order valence-corrected chi connectivity index (χ4v) is 2.28. The number of carbonyl (C=O) groups excluding carboxylic acids is 1. The number of fused-ring (bicyclic) bond motifs is 1. The molecule has 0 fully saturated rings. The molecule has 20 heavy (non-hydrogen) atoms. The highest BCUT2D eigenvalue weighted by Gasteiger charge is 2.21. The number of hydrogen-bond donors (Lipinski definition) is 1. The van der Waals surface area contributed by atoms with Crippen molar-refractivity contribution in [1.82, 2.24) is 5.32 Å². The molecule has 0 amide bonds. The van der Waals surface area contributed by atoms with Crippen LogP contribution in [0.2, 0.25) is 0 Å². The number of ether oxygens (including phenoxy) is 3. The van der Waals surface area contributed by atoms with E-state index in [4.69, 9.17) is 9.47 Å². The average Bonchev–Trinajstić information content (AvgIpc) is 2.78. The van der Waals surface area contributed by atoms with Crippen molar-refractivity contribution in [3.63, 3.8) is 0 Å². The van der Waals surface area contributed by atoms with E-state index >= 15 is 0 Å². The molecule has 0 bridgehead atoms. The Balaban J connectivity index is 2.10. The Hall–Kier alpha value is -1.75. The van der Waals surface area contributed by atoms with Crippen molar-refractivity contribution in [3.8, 4) is 11.5 Å². The van der Waals surface area contributed by atoms with E-state index in [0.29, 0.717) is 13.2 Å². The molecule has 0 saturated carbocycles. The first kappa shape index (κ1) is 14.7. The number of rotatable bonds is 6. The molecule has 0 radical (unpaired) electrons. The van der Waals surface area contributed by atoms with Gasteiger partial charge in [0.25, 0.3) is 0 Å². The minimum Gasteiger partial charge on any atom is -0.494 e. The third-order valence-electron chi connectivity index (χ3n) is 3.19. The van der Waals surface area contributed by atoms with Gasteiger partial charge in [0.15, 0.2) is 0 Å². The van der Waals surface area contributed by atoms with E-state index in [-0.39, 0.29) is 18.6 Å². The molecule has 5 nitrogen and oxygen atoms in total. The van der Waals surface area contributed by atoms with Crippen LogP contribution in [0.5, 0.6) is 11.5 Å². The van der Waals surface area contributed by atoms with E-state index in [1.54, 1.807) is 0 Å². The SMILES string of the molecule is CCOc1cc2c(cc1CNCC(=O)OC)OC(C)C2. The van der Waals surface area contributed by atoms with Gasteiger partial charge in [-0.3, -0.25) is 4.79 Å². The van der Waals surface area contributed by atoms with Crippen LogP contribution in [0.25, 0.3) is 0 Å². The lowest BCUT2D eigenvalue weighted by Crippen LogP contribution is -2.23. The predicted molar refractivity (Wildman–Crippen MR) is 75.1 cm³/mol. The van der Waals surface area contributed by atoms with Crippen LogP contribution < -0.4 is 14.8 Å². The smallest absolute Gasteiger partial charge is 0.319 e. The molecule has 5 heteroatoms. The lowest BCUT2D eigenvalue weighted by atomic mass is 10.1. The second-order valence-corrected chi connectivity index (χ2v) is 4.81. The van der Waals surface area contributed by atoms with Crippen LogP contribution in [0.15, 0.2) is 12.1 Å². The van der Waals surface area contributed by atoms with Crippen LogP contribution in [0, 0.1) is 0 Å². The number of esters is 1. The first-order valence-corrected chi connectivity index (χ1v) is 6.86. The van der Waals surface area contributed by atoms with Gasteiger partial charge in [-0.1, -0.05) is 0 Å². The monoisotopic (exact) mass is 279 g/mol. The Morgan fingerprint density at radius 1 is 1.50 bits per heavy atom. The minimum atomic E-state index is -0.283.